The normalized spacial score (nSPS) is 10.8. The van der Waals surface area contributed by atoms with Gasteiger partial charge >= 0.3 is 13.4 Å². The van der Waals surface area contributed by atoms with Crippen LogP contribution in [-0.2, 0) is 9.45 Å². The van der Waals surface area contributed by atoms with Crippen molar-refractivity contribution in [3.63, 3.8) is 0 Å². The van der Waals surface area contributed by atoms with E-state index in [1.54, 1.807) is 24.3 Å². The average Bonchev–Trinajstić information content (AvgIpc) is 2.62. The second-order valence-electron chi connectivity index (χ2n) is 4.91. The average molecular weight is 421 g/mol. The van der Waals surface area contributed by atoms with Gasteiger partial charge in [-0.3, -0.25) is 4.79 Å². The maximum absolute atomic E-state index is 12.7. The molecule has 26 heavy (non-hydrogen) atoms. The van der Waals surface area contributed by atoms with Crippen molar-refractivity contribution < 1.29 is 27.6 Å². The summed E-state index contributed by atoms with van der Waals surface area (Å²) in [6.45, 7) is 3.28. The standard InChI is InChI=1S/C18H12BBrF2O4/c1-2-18(24)25-15-9-5-12(6-10-15)16(23)11-17(26-19(21)22)13-3-7-14(20)8-4-13/h2-11H,1H2. The van der Waals surface area contributed by atoms with E-state index in [1.165, 1.54) is 24.3 Å². The molecule has 0 N–H and O–H groups in total. The molecule has 8 heteroatoms. The van der Waals surface area contributed by atoms with Gasteiger partial charge in [0.2, 0.25) is 0 Å². The van der Waals surface area contributed by atoms with E-state index in [4.69, 9.17) is 4.74 Å². The summed E-state index contributed by atoms with van der Waals surface area (Å²) < 4.78 is 35.5. The highest BCUT2D eigenvalue weighted by molar-refractivity contribution is 9.10. The summed E-state index contributed by atoms with van der Waals surface area (Å²) in [6.07, 6.45) is 1.99. The van der Waals surface area contributed by atoms with Crippen molar-refractivity contribution in [3.05, 3.63) is 82.9 Å². The van der Waals surface area contributed by atoms with Crippen LogP contribution in [0.5, 0.6) is 5.75 Å². The number of halogens is 3. The molecule has 0 saturated heterocycles. The van der Waals surface area contributed by atoms with Gasteiger partial charge in [-0.2, -0.15) is 0 Å². The zero-order chi connectivity index (χ0) is 19.1. The first kappa shape index (κ1) is 19.6. The van der Waals surface area contributed by atoms with E-state index in [0.29, 0.717) is 5.56 Å². The van der Waals surface area contributed by atoms with Crippen LogP contribution in [0.2, 0.25) is 0 Å². The third kappa shape index (κ3) is 5.66. The van der Waals surface area contributed by atoms with Crippen LogP contribution in [0, 0.1) is 0 Å². The third-order valence-electron chi connectivity index (χ3n) is 3.13. The molecule has 0 aliphatic carbocycles. The molecule has 0 spiro atoms. The lowest BCUT2D eigenvalue weighted by molar-refractivity contribution is -0.128. The molecule has 0 bridgehead atoms. The van der Waals surface area contributed by atoms with E-state index < -0.39 is 19.2 Å². The minimum Gasteiger partial charge on any atom is -0.505 e. The van der Waals surface area contributed by atoms with Crippen molar-refractivity contribution in [2.24, 2.45) is 0 Å². The number of hydrogen-bond acceptors (Lipinski definition) is 4. The highest BCUT2D eigenvalue weighted by atomic mass is 79.9. The van der Waals surface area contributed by atoms with Gasteiger partial charge in [-0.15, -0.1) is 0 Å². The Morgan fingerprint density at radius 2 is 1.58 bits per heavy atom. The molecule has 2 rings (SSSR count). The Kier molecular flexibility index (Phi) is 6.85. The summed E-state index contributed by atoms with van der Waals surface area (Å²) in [7, 11) is -3.07. The van der Waals surface area contributed by atoms with Gasteiger partial charge in [-0.25, -0.2) is 13.4 Å². The Labute approximate surface area is 157 Å². The highest BCUT2D eigenvalue weighted by Crippen LogP contribution is 2.22. The quantitative estimate of drug-likeness (QED) is 0.162. The fourth-order valence-corrected chi connectivity index (χ4v) is 2.21. The van der Waals surface area contributed by atoms with Crippen molar-refractivity contribution in [2.75, 3.05) is 0 Å². The van der Waals surface area contributed by atoms with Crippen LogP contribution in [0.1, 0.15) is 15.9 Å². The molecular weight excluding hydrogens is 409 g/mol. The van der Waals surface area contributed by atoms with Gasteiger partial charge in [-0.05, 0) is 36.4 Å². The predicted molar refractivity (Wildman–Crippen MR) is 97.8 cm³/mol. The summed E-state index contributed by atoms with van der Waals surface area (Å²) in [6, 6.07) is 12.0. The summed E-state index contributed by atoms with van der Waals surface area (Å²) in [4.78, 5) is 23.5. The number of rotatable bonds is 7. The lowest BCUT2D eigenvalue weighted by Gasteiger charge is -2.09. The second kappa shape index (κ2) is 9.10. The van der Waals surface area contributed by atoms with E-state index in [0.717, 1.165) is 16.6 Å². The Bertz CT molecular complexity index is 833. The molecule has 0 radical (unpaired) electrons. The van der Waals surface area contributed by atoms with Gasteiger partial charge in [0.1, 0.15) is 11.5 Å². The molecule has 0 heterocycles. The summed E-state index contributed by atoms with van der Waals surface area (Å²) in [5.41, 5.74) is 0.550. The SMILES string of the molecule is C=CC(=O)Oc1ccc(C(=O)C=C(OB(F)F)c2ccc(Br)cc2)cc1. The molecule has 2 aromatic rings. The molecule has 0 atom stereocenters. The van der Waals surface area contributed by atoms with Crippen LogP contribution in [0.3, 0.4) is 0 Å². The predicted octanol–water partition coefficient (Wildman–Crippen LogP) is 4.70. The fraction of sp³-hybridized carbons (Fsp3) is 0. The zero-order valence-corrected chi connectivity index (χ0v) is 14.9. The molecule has 0 aromatic heterocycles. The van der Waals surface area contributed by atoms with Gasteiger partial charge < -0.3 is 9.39 Å². The van der Waals surface area contributed by atoms with Gasteiger partial charge in [0.25, 0.3) is 0 Å². The number of benzene rings is 2. The van der Waals surface area contributed by atoms with Gasteiger partial charge in [0, 0.05) is 27.8 Å². The zero-order valence-electron chi connectivity index (χ0n) is 13.3. The van der Waals surface area contributed by atoms with Crippen LogP contribution < -0.4 is 4.74 Å². The van der Waals surface area contributed by atoms with Crippen molar-refractivity contribution in [3.8, 4) is 5.75 Å². The maximum atomic E-state index is 12.7. The first-order valence-electron chi connectivity index (χ1n) is 7.30. The first-order chi connectivity index (χ1) is 12.4. The Morgan fingerprint density at radius 1 is 1.00 bits per heavy atom. The number of carbonyl (C=O) groups excluding carboxylic acids is 2. The number of allylic oxidation sites excluding steroid dienone is 1. The van der Waals surface area contributed by atoms with E-state index in [1.807, 2.05) is 0 Å². The van der Waals surface area contributed by atoms with Gasteiger partial charge in [-0.1, -0.05) is 34.6 Å². The monoisotopic (exact) mass is 420 g/mol. The number of ether oxygens (including phenoxy) is 1. The molecule has 132 valence electrons. The first-order valence-corrected chi connectivity index (χ1v) is 8.09. The third-order valence-corrected chi connectivity index (χ3v) is 3.66. The molecule has 0 saturated carbocycles. The lowest BCUT2D eigenvalue weighted by Crippen LogP contribution is -2.07. The largest absolute Gasteiger partial charge is 0.796 e. The number of carbonyl (C=O) groups is 2. The van der Waals surface area contributed by atoms with E-state index in [9.17, 15) is 18.2 Å². The molecule has 2 aromatic carbocycles. The smallest absolute Gasteiger partial charge is 0.505 e. The molecule has 0 aliphatic rings. The number of hydrogen-bond donors (Lipinski definition) is 0. The number of ketones is 1. The van der Waals surface area contributed by atoms with E-state index >= 15 is 0 Å². The Balaban J connectivity index is 2.25. The molecule has 0 aliphatic heterocycles. The summed E-state index contributed by atoms with van der Waals surface area (Å²) >= 11 is 3.24. The Morgan fingerprint density at radius 3 is 2.12 bits per heavy atom. The molecule has 4 nitrogen and oxygen atoms in total. The number of esters is 1. The van der Waals surface area contributed by atoms with Crippen LogP contribution in [0.15, 0.2) is 71.7 Å². The van der Waals surface area contributed by atoms with E-state index in [2.05, 4.69) is 27.2 Å². The summed E-state index contributed by atoms with van der Waals surface area (Å²) in [5.74, 6) is -1.19. The lowest BCUT2D eigenvalue weighted by atomic mass is 10.1. The van der Waals surface area contributed by atoms with Crippen molar-refractivity contribution >= 4 is 40.9 Å². The molecule has 0 amide bonds. The van der Waals surface area contributed by atoms with Crippen molar-refractivity contribution in [1.82, 2.24) is 0 Å². The Hall–Kier alpha value is -2.74. The minimum atomic E-state index is -3.07. The van der Waals surface area contributed by atoms with Crippen LogP contribution in [-0.4, -0.2) is 19.2 Å². The van der Waals surface area contributed by atoms with Crippen molar-refractivity contribution in [2.45, 2.75) is 0 Å². The van der Waals surface area contributed by atoms with Crippen LogP contribution in [0.4, 0.5) is 8.63 Å². The van der Waals surface area contributed by atoms with Crippen LogP contribution >= 0.6 is 15.9 Å². The van der Waals surface area contributed by atoms with E-state index in [-0.39, 0.29) is 17.1 Å². The van der Waals surface area contributed by atoms with Crippen molar-refractivity contribution in [1.29, 1.82) is 0 Å². The highest BCUT2D eigenvalue weighted by Gasteiger charge is 2.21. The van der Waals surface area contributed by atoms with Gasteiger partial charge in [0.15, 0.2) is 5.78 Å². The topological polar surface area (TPSA) is 52.6 Å². The summed E-state index contributed by atoms with van der Waals surface area (Å²) in [5, 5.41) is 0. The minimum absolute atomic E-state index is 0.218. The molecule has 0 fully saturated rings. The molecular formula is C18H12BBrF2O4. The second-order valence-corrected chi connectivity index (χ2v) is 5.82. The maximum Gasteiger partial charge on any atom is 0.796 e. The fourth-order valence-electron chi connectivity index (χ4n) is 1.94. The van der Waals surface area contributed by atoms with Crippen LogP contribution in [0.25, 0.3) is 5.76 Å². The van der Waals surface area contributed by atoms with Gasteiger partial charge in [0.05, 0.1) is 0 Å². The molecule has 0 unspecified atom stereocenters.